The molecule has 0 radical (unpaired) electrons. The van der Waals surface area contributed by atoms with E-state index in [1.165, 1.54) is 11.8 Å². The highest BCUT2D eigenvalue weighted by Gasteiger charge is 2.34. The Labute approximate surface area is 210 Å². The molecule has 1 amide bonds. The lowest BCUT2D eigenvalue weighted by molar-refractivity contribution is -0.122. The molecule has 1 aliphatic rings. The highest BCUT2D eigenvalue weighted by Crippen LogP contribution is 2.38. The summed E-state index contributed by atoms with van der Waals surface area (Å²) in [6.45, 7) is 5.26. The van der Waals surface area contributed by atoms with Gasteiger partial charge in [-0.3, -0.25) is 9.69 Å². The van der Waals surface area contributed by atoms with Crippen LogP contribution >= 0.6 is 34.4 Å². The van der Waals surface area contributed by atoms with Crippen LogP contribution in [-0.4, -0.2) is 29.2 Å². The van der Waals surface area contributed by atoms with Crippen LogP contribution in [0.25, 0.3) is 6.08 Å². The zero-order chi connectivity index (χ0) is 23.2. The minimum Gasteiger partial charge on any atom is -0.490 e. The normalized spacial score (nSPS) is 16.1. The molecule has 0 aliphatic carbocycles. The first-order chi connectivity index (χ1) is 16.1. The van der Waals surface area contributed by atoms with Gasteiger partial charge in [-0.05, 0) is 96.2 Å². The summed E-state index contributed by atoms with van der Waals surface area (Å²) in [5, 5.41) is 0.611. The summed E-state index contributed by atoms with van der Waals surface area (Å²) in [6.07, 6.45) is 3.47. The van der Waals surface area contributed by atoms with Crippen molar-refractivity contribution < 1.29 is 18.7 Å². The smallest absolute Gasteiger partial charge is 0.267 e. The van der Waals surface area contributed by atoms with Crippen molar-refractivity contribution in [3.05, 3.63) is 80.7 Å². The van der Waals surface area contributed by atoms with Crippen LogP contribution in [0.3, 0.4) is 0 Å². The van der Waals surface area contributed by atoms with Crippen molar-refractivity contribution in [1.29, 1.82) is 0 Å². The first kappa shape index (κ1) is 23.4. The number of para-hydroxylation sites is 1. The number of thioether (sulfide) groups is 1. The van der Waals surface area contributed by atoms with Crippen LogP contribution in [-0.2, 0) is 11.3 Å². The fourth-order valence-electron chi connectivity index (χ4n) is 3.27. The summed E-state index contributed by atoms with van der Waals surface area (Å²) in [4.78, 5) is 20.3. The van der Waals surface area contributed by atoms with Gasteiger partial charge in [0.2, 0.25) is 0 Å². The Kier molecular flexibility index (Phi) is 7.77. The lowest BCUT2D eigenvalue weighted by Gasteiger charge is -2.14. The molecule has 4 rings (SSSR count). The third-order valence-electron chi connectivity index (χ3n) is 4.68. The molecule has 8 heteroatoms. The number of halogens is 1. The quantitative estimate of drug-likeness (QED) is 0.228. The van der Waals surface area contributed by atoms with Crippen molar-refractivity contribution in [2.24, 2.45) is 4.99 Å². The summed E-state index contributed by atoms with van der Waals surface area (Å²) in [5.74, 6) is 1.96. The van der Waals surface area contributed by atoms with Crippen LogP contribution < -0.4 is 9.47 Å². The third-order valence-corrected chi connectivity index (χ3v) is 6.49. The minimum atomic E-state index is -0.118. The molecule has 0 atom stereocenters. The highest BCUT2D eigenvalue weighted by atomic mass is 127. The first-order valence-corrected chi connectivity index (χ1v) is 12.4. The Morgan fingerprint density at radius 3 is 2.58 bits per heavy atom. The molecule has 1 fully saturated rings. The van der Waals surface area contributed by atoms with Gasteiger partial charge in [-0.1, -0.05) is 18.2 Å². The molecule has 33 heavy (non-hydrogen) atoms. The van der Waals surface area contributed by atoms with Crippen LogP contribution in [0.1, 0.15) is 25.2 Å². The number of amidine groups is 1. The van der Waals surface area contributed by atoms with Crippen molar-refractivity contribution in [1.82, 2.24) is 4.90 Å². The van der Waals surface area contributed by atoms with Gasteiger partial charge in [0, 0.05) is 0 Å². The summed E-state index contributed by atoms with van der Waals surface area (Å²) in [5.41, 5.74) is 1.65. The molecule has 0 spiro atoms. The molecule has 3 aromatic rings. The Balaban J connectivity index is 1.70. The van der Waals surface area contributed by atoms with E-state index in [2.05, 4.69) is 22.6 Å². The summed E-state index contributed by atoms with van der Waals surface area (Å²) in [6, 6.07) is 17.2. The molecule has 1 aliphatic heterocycles. The van der Waals surface area contributed by atoms with Gasteiger partial charge in [-0.15, -0.1) is 0 Å². The van der Waals surface area contributed by atoms with Crippen molar-refractivity contribution >= 4 is 57.2 Å². The van der Waals surface area contributed by atoms with Crippen molar-refractivity contribution in [2.75, 3.05) is 13.2 Å². The third kappa shape index (κ3) is 5.62. The largest absolute Gasteiger partial charge is 0.490 e. The monoisotopic (exact) mass is 574 g/mol. The zero-order valence-electron chi connectivity index (χ0n) is 18.3. The van der Waals surface area contributed by atoms with Crippen molar-refractivity contribution in [2.45, 2.75) is 20.4 Å². The Bertz CT molecular complexity index is 1180. The number of rotatable bonds is 8. The van der Waals surface area contributed by atoms with E-state index < -0.39 is 0 Å². The van der Waals surface area contributed by atoms with Crippen LogP contribution in [0.15, 0.2) is 75.2 Å². The van der Waals surface area contributed by atoms with E-state index in [-0.39, 0.29) is 5.91 Å². The molecular formula is C25H23IN2O4S. The van der Waals surface area contributed by atoms with E-state index in [1.54, 1.807) is 11.2 Å². The van der Waals surface area contributed by atoms with Gasteiger partial charge in [0.1, 0.15) is 5.76 Å². The maximum absolute atomic E-state index is 13.4. The Hall–Kier alpha value is -2.72. The number of carbonyl (C=O) groups is 1. The van der Waals surface area contributed by atoms with Crippen LogP contribution in [0, 0.1) is 3.57 Å². The predicted octanol–water partition coefficient (Wildman–Crippen LogP) is 6.49. The number of furan rings is 1. The SMILES string of the molecule is CCOc1cc(/C=C2\SC(=Nc3ccccc3)N(Cc3ccco3)C2=O)cc(I)c1OCC. The number of amides is 1. The molecule has 0 N–H and O–H groups in total. The van der Waals surface area contributed by atoms with Crippen LogP contribution in [0.2, 0.25) is 0 Å². The molecule has 0 bridgehead atoms. The first-order valence-electron chi connectivity index (χ1n) is 10.6. The minimum absolute atomic E-state index is 0.118. The van der Waals surface area contributed by atoms with E-state index >= 15 is 0 Å². The summed E-state index contributed by atoms with van der Waals surface area (Å²) < 4.78 is 18.0. The fraction of sp³-hybridized carbons (Fsp3) is 0.200. The van der Waals surface area contributed by atoms with Gasteiger partial charge in [0.25, 0.3) is 5.91 Å². The van der Waals surface area contributed by atoms with Gasteiger partial charge in [-0.25, -0.2) is 4.99 Å². The molecule has 0 unspecified atom stereocenters. The predicted molar refractivity (Wildman–Crippen MR) is 140 cm³/mol. The maximum Gasteiger partial charge on any atom is 0.267 e. The number of benzene rings is 2. The number of carbonyl (C=O) groups excluding carboxylic acids is 1. The van der Waals surface area contributed by atoms with Gasteiger partial charge >= 0.3 is 0 Å². The molecule has 0 saturated carbocycles. The topological polar surface area (TPSA) is 64.3 Å². The Morgan fingerprint density at radius 2 is 1.88 bits per heavy atom. The van der Waals surface area contributed by atoms with Gasteiger partial charge in [0.05, 0.1) is 40.2 Å². The molecule has 2 heterocycles. The van der Waals surface area contributed by atoms with E-state index in [4.69, 9.17) is 18.9 Å². The average Bonchev–Trinajstić information content (AvgIpc) is 3.41. The van der Waals surface area contributed by atoms with E-state index in [0.29, 0.717) is 41.3 Å². The second kappa shape index (κ2) is 10.9. The highest BCUT2D eigenvalue weighted by molar-refractivity contribution is 14.1. The van der Waals surface area contributed by atoms with E-state index in [9.17, 15) is 4.79 Å². The maximum atomic E-state index is 13.4. The number of hydrogen-bond acceptors (Lipinski definition) is 6. The van der Waals surface area contributed by atoms with Gasteiger partial charge in [0.15, 0.2) is 16.7 Å². The van der Waals surface area contributed by atoms with Gasteiger partial charge < -0.3 is 13.9 Å². The molecule has 170 valence electrons. The molecule has 2 aromatic carbocycles. The number of ether oxygens (including phenoxy) is 2. The molecule has 1 aromatic heterocycles. The molecule has 1 saturated heterocycles. The number of aliphatic imine (C=N–C) groups is 1. The second-order valence-electron chi connectivity index (χ2n) is 7.01. The van der Waals surface area contributed by atoms with E-state index in [1.807, 2.05) is 74.5 Å². The number of nitrogens with zero attached hydrogens (tertiary/aromatic N) is 2. The molecule has 6 nitrogen and oxygen atoms in total. The fourth-order valence-corrected chi connectivity index (χ4v) is 5.05. The van der Waals surface area contributed by atoms with Crippen molar-refractivity contribution in [3.63, 3.8) is 0 Å². The Morgan fingerprint density at radius 1 is 1.09 bits per heavy atom. The van der Waals surface area contributed by atoms with Crippen LogP contribution in [0.5, 0.6) is 11.5 Å². The van der Waals surface area contributed by atoms with Crippen LogP contribution in [0.4, 0.5) is 5.69 Å². The average molecular weight is 574 g/mol. The lowest BCUT2D eigenvalue weighted by Crippen LogP contribution is -2.28. The summed E-state index contributed by atoms with van der Waals surface area (Å²) in [7, 11) is 0. The van der Waals surface area contributed by atoms with Gasteiger partial charge in [-0.2, -0.15) is 0 Å². The summed E-state index contributed by atoms with van der Waals surface area (Å²) >= 11 is 3.58. The molecular weight excluding hydrogens is 551 g/mol. The van der Waals surface area contributed by atoms with Crippen molar-refractivity contribution in [3.8, 4) is 11.5 Å². The lowest BCUT2D eigenvalue weighted by atomic mass is 10.2. The zero-order valence-corrected chi connectivity index (χ0v) is 21.3. The van der Waals surface area contributed by atoms with E-state index in [0.717, 1.165) is 20.6 Å². The standard InChI is InChI=1S/C25H23IN2O4S/c1-3-30-21-14-17(13-20(26)23(21)31-4-2)15-22-24(29)28(16-19-11-8-12-32-19)25(33-22)27-18-9-6-5-7-10-18/h5-15H,3-4,16H2,1-2H3/b22-15-,27-25?. The second-order valence-corrected chi connectivity index (χ2v) is 9.18. The number of hydrogen-bond donors (Lipinski definition) is 0.